The fraction of sp³-hybridized carbons (Fsp3) is 0.200. The molecule has 0 bridgehead atoms. The maximum atomic E-state index is 13.0. The van der Waals surface area contributed by atoms with Crippen molar-refractivity contribution in [2.75, 3.05) is 11.9 Å². The number of thioether (sulfide) groups is 1. The summed E-state index contributed by atoms with van der Waals surface area (Å²) < 4.78 is 3.66. The number of carbonyl (C=O) groups excluding carboxylic acids is 2. The molecule has 1 aromatic heterocycles. The summed E-state index contributed by atoms with van der Waals surface area (Å²) in [5.41, 5.74) is 2.05. The van der Waals surface area contributed by atoms with Crippen LogP contribution in [-0.2, 0) is 16.6 Å². The summed E-state index contributed by atoms with van der Waals surface area (Å²) in [4.78, 5) is 40.4. The quantitative estimate of drug-likeness (QED) is 0.355. The molecule has 0 aliphatic carbocycles. The van der Waals surface area contributed by atoms with Gasteiger partial charge in [-0.3, -0.25) is 24.0 Å². The van der Waals surface area contributed by atoms with Crippen molar-refractivity contribution in [1.82, 2.24) is 14.3 Å². The van der Waals surface area contributed by atoms with Crippen molar-refractivity contribution >= 4 is 63.5 Å². The predicted octanol–water partition coefficient (Wildman–Crippen LogP) is 4.76. The van der Waals surface area contributed by atoms with Gasteiger partial charge in [0.2, 0.25) is 5.91 Å². The molecule has 2 aromatic carbocycles. The van der Waals surface area contributed by atoms with Gasteiger partial charge in [0.25, 0.3) is 11.5 Å². The largest absolute Gasteiger partial charge is 0.320 e. The van der Waals surface area contributed by atoms with Crippen LogP contribution in [0.15, 0.2) is 64.3 Å². The van der Waals surface area contributed by atoms with Gasteiger partial charge in [-0.15, -0.1) is 0 Å². The Morgan fingerprint density at radius 1 is 1.11 bits per heavy atom. The van der Waals surface area contributed by atoms with Gasteiger partial charge in [-0.25, -0.2) is 4.68 Å². The van der Waals surface area contributed by atoms with Crippen LogP contribution in [0, 0.1) is 6.92 Å². The number of nitrogens with zero attached hydrogens (tertiary/aromatic N) is 3. The Balaban J connectivity index is 1.38. The molecule has 1 N–H and O–H groups in total. The van der Waals surface area contributed by atoms with Crippen molar-refractivity contribution in [2.45, 2.75) is 19.8 Å². The monoisotopic (exact) mass is 526 g/mol. The Morgan fingerprint density at radius 2 is 1.80 bits per heavy atom. The number of hydrogen-bond acceptors (Lipinski definition) is 5. The summed E-state index contributed by atoms with van der Waals surface area (Å²) in [5.74, 6) is -0.502. The Kier molecular flexibility index (Phi) is 7.59. The zero-order valence-corrected chi connectivity index (χ0v) is 21.5. The van der Waals surface area contributed by atoms with Gasteiger partial charge in [0, 0.05) is 25.0 Å². The van der Waals surface area contributed by atoms with E-state index in [1.54, 1.807) is 30.8 Å². The van der Waals surface area contributed by atoms with Gasteiger partial charge < -0.3 is 5.32 Å². The highest BCUT2D eigenvalue weighted by atomic mass is 35.5. The molecule has 2 heterocycles. The minimum absolute atomic E-state index is 0.139. The smallest absolute Gasteiger partial charge is 0.295 e. The number of carbonyl (C=O) groups is 2. The lowest BCUT2D eigenvalue weighted by molar-refractivity contribution is -0.122. The molecular weight excluding hydrogens is 504 g/mol. The fourth-order valence-electron chi connectivity index (χ4n) is 3.74. The normalized spacial score (nSPS) is 14.7. The molecule has 1 aliphatic heterocycles. The highest BCUT2D eigenvalue weighted by Gasteiger charge is 2.31. The van der Waals surface area contributed by atoms with E-state index < -0.39 is 0 Å². The van der Waals surface area contributed by atoms with Crippen LogP contribution in [0.2, 0.25) is 5.02 Å². The van der Waals surface area contributed by atoms with Crippen LogP contribution in [0.3, 0.4) is 0 Å². The minimum atomic E-state index is -0.300. The van der Waals surface area contributed by atoms with Crippen LogP contribution in [0.25, 0.3) is 11.8 Å². The molecule has 1 saturated heterocycles. The number of aromatic nitrogens is 2. The summed E-state index contributed by atoms with van der Waals surface area (Å²) in [5, 5.41) is 3.30. The zero-order chi connectivity index (χ0) is 25.1. The first-order valence-corrected chi connectivity index (χ1v) is 12.5. The van der Waals surface area contributed by atoms with Crippen LogP contribution < -0.4 is 10.9 Å². The topological polar surface area (TPSA) is 76.3 Å². The van der Waals surface area contributed by atoms with Crippen LogP contribution in [-0.4, -0.2) is 36.9 Å². The lowest BCUT2D eigenvalue weighted by Gasteiger charge is -2.14. The molecule has 4 rings (SSSR count). The number of halogens is 1. The lowest BCUT2D eigenvalue weighted by atomic mass is 10.2. The van der Waals surface area contributed by atoms with E-state index in [-0.39, 0.29) is 29.5 Å². The Hall–Kier alpha value is -3.14. The van der Waals surface area contributed by atoms with E-state index >= 15 is 0 Å². The molecule has 10 heteroatoms. The van der Waals surface area contributed by atoms with Gasteiger partial charge in [0.15, 0.2) is 0 Å². The van der Waals surface area contributed by atoms with Crippen LogP contribution in [0.1, 0.15) is 24.1 Å². The highest BCUT2D eigenvalue weighted by Crippen LogP contribution is 2.33. The van der Waals surface area contributed by atoms with Crippen molar-refractivity contribution in [3.05, 3.63) is 86.1 Å². The predicted molar refractivity (Wildman–Crippen MR) is 145 cm³/mol. The number of para-hydroxylation sites is 1. The highest BCUT2D eigenvalue weighted by molar-refractivity contribution is 8.26. The van der Waals surface area contributed by atoms with Crippen molar-refractivity contribution in [3.63, 3.8) is 0 Å². The summed E-state index contributed by atoms with van der Waals surface area (Å²) in [7, 11) is 1.77. The molecule has 35 heavy (non-hydrogen) atoms. The van der Waals surface area contributed by atoms with Crippen LogP contribution in [0.5, 0.6) is 0 Å². The summed E-state index contributed by atoms with van der Waals surface area (Å²) in [6.45, 7) is 2.09. The molecule has 0 unspecified atom stereocenters. The average molecular weight is 527 g/mol. The van der Waals surface area contributed by atoms with E-state index in [9.17, 15) is 14.4 Å². The Morgan fingerprint density at radius 3 is 2.51 bits per heavy atom. The second-order valence-electron chi connectivity index (χ2n) is 7.94. The van der Waals surface area contributed by atoms with Gasteiger partial charge in [0.1, 0.15) is 10.0 Å². The fourth-order valence-corrected chi connectivity index (χ4v) is 5.23. The standard InChI is InChI=1S/C25H23ClN4O3S2/c1-16-22(24(33)30(28(16)2)18-10-4-3-5-11-18)27-21(31)13-8-14-29-23(32)20(35-25(29)34)15-17-9-6-7-12-19(17)26/h3-7,9-12,15H,8,13-14H2,1-2H3,(H,27,31). The van der Waals surface area contributed by atoms with Gasteiger partial charge in [-0.2, -0.15) is 0 Å². The minimum Gasteiger partial charge on any atom is -0.320 e. The number of anilines is 1. The summed E-state index contributed by atoms with van der Waals surface area (Å²) in [6.07, 6.45) is 2.26. The van der Waals surface area contributed by atoms with E-state index in [0.717, 1.165) is 5.56 Å². The number of thiocarbonyl (C=S) groups is 1. The number of benzene rings is 2. The van der Waals surface area contributed by atoms with E-state index in [2.05, 4.69) is 5.32 Å². The number of rotatable bonds is 7. The second-order valence-corrected chi connectivity index (χ2v) is 10.0. The first kappa shape index (κ1) is 25.0. The third-order valence-corrected chi connectivity index (χ3v) is 7.39. The molecule has 0 saturated carbocycles. The maximum absolute atomic E-state index is 13.0. The molecule has 1 aliphatic rings. The van der Waals surface area contributed by atoms with Gasteiger partial charge in [-0.1, -0.05) is 72.0 Å². The molecule has 0 radical (unpaired) electrons. The molecule has 0 atom stereocenters. The first-order valence-electron chi connectivity index (χ1n) is 10.9. The second kappa shape index (κ2) is 10.6. The maximum Gasteiger partial charge on any atom is 0.295 e. The van der Waals surface area contributed by atoms with Gasteiger partial charge in [0.05, 0.1) is 16.3 Å². The van der Waals surface area contributed by atoms with Crippen molar-refractivity contribution in [1.29, 1.82) is 0 Å². The number of nitrogens with one attached hydrogen (secondary N) is 1. The SMILES string of the molecule is Cc1c(NC(=O)CCCN2C(=O)C(=Cc3ccccc3Cl)SC2=S)c(=O)n(-c2ccccc2)n1C. The molecule has 0 spiro atoms. The van der Waals surface area contributed by atoms with Crippen molar-refractivity contribution < 1.29 is 9.59 Å². The lowest BCUT2D eigenvalue weighted by Crippen LogP contribution is -2.30. The number of amides is 2. The Labute approximate surface area is 217 Å². The first-order chi connectivity index (χ1) is 16.8. The molecule has 1 fully saturated rings. The Bertz CT molecular complexity index is 1400. The van der Waals surface area contributed by atoms with Gasteiger partial charge >= 0.3 is 0 Å². The summed E-state index contributed by atoms with van der Waals surface area (Å²) >= 11 is 12.8. The summed E-state index contributed by atoms with van der Waals surface area (Å²) in [6, 6.07) is 16.5. The zero-order valence-electron chi connectivity index (χ0n) is 19.2. The van der Waals surface area contributed by atoms with E-state index in [0.29, 0.717) is 38.6 Å². The molecule has 7 nitrogen and oxygen atoms in total. The molecular formula is C25H23ClN4O3S2. The number of hydrogen-bond donors (Lipinski definition) is 1. The van der Waals surface area contributed by atoms with Crippen molar-refractivity contribution in [3.8, 4) is 5.69 Å². The molecule has 180 valence electrons. The third kappa shape index (κ3) is 5.27. The van der Waals surface area contributed by atoms with Crippen LogP contribution in [0.4, 0.5) is 5.69 Å². The van der Waals surface area contributed by atoms with E-state index in [1.165, 1.54) is 21.3 Å². The van der Waals surface area contributed by atoms with E-state index in [1.807, 2.05) is 48.5 Å². The van der Waals surface area contributed by atoms with Crippen LogP contribution >= 0.6 is 35.6 Å². The molecule has 3 aromatic rings. The third-order valence-electron chi connectivity index (χ3n) is 5.67. The average Bonchev–Trinajstić information content (AvgIpc) is 3.22. The van der Waals surface area contributed by atoms with E-state index in [4.69, 9.17) is 23.8 Å². The van der Waals surface area contributed by atoms with Crippen molar-refractivity contribution in [2.24, 2.45) is 7.05 Å². The molecule has 2 amide bonds. The van der Waals surface area contributed by atoms with Gasteiger partial charge in [-0.05, 0) is 43.2 Å².